The van der Waals surface area contributed by atoms with Crippen molar-refractivity contribution in [2.45, 2.75) is 52.4 Å². The lowest BCUT2D eigenvalue weighted by molar-refractivity contribution is -0.0105. The van der Waals surface area contributed by atoms with Gasteiger partial charge in [-0.05, 0) is 26.2 Å². The van der Waals surface area contributed by atoms with Crippen LogP contribution in [0.15, 0.2) is 0 Å². The molecule has 0 fully saturated rings. The van der Waals surface area contributed by atoms with E-state index in [1.165, 1.54) is 0 Å². The third kappa shape index (κ3) is 14.0. The topological polar surface area (TPSA) is 71.0 Å². The van der Waals surface area contributed by atoms with E-state index < -0.39 is 6.10 Å². The van der Waals surface area contributed by atoms with Gasteiger partial charge in [-0.25, -0.2) is 0 Å². The van der Waals surface area contributed by atoms with E-state index in [0.717, 1.165) is 6.42 Å². The maximum Gasteiger partial charge on any atom is 0.0897 e. The summed E-state index contributed by atoms with van der Waals surface area (Å²) < 4.78 is 10.6. The van der Waals surface area contributed by atoms with E-state index in [0.29, 0.717) is 32.2 Å². The molecular formula is C14H31NO4. The number of nitrogens with one attached hydrogen (secondary N) is 1. The molecule has 5 heteroatoms. The molecule has 0 rings (SSSR count). The quantitative estimate of drug-likeness (QED) is 0.460. The van der Waals surface area contributed by atoms with Crippen molar-refractivity contribution in [1.29, 1.82) is 0 Å². The van der Waals surface area contributed by atoms with Gasteiger partial charge in [-0.3, -0.25) is 0 Å². The maximum atomic E-state index is 9.64. The summed E-state index contributed by atoms with van der Waals surface area (Å²) in [7, 11) is 0. The fraction of sp³-hybridized carbons (Fsp3) is 1.00. The Morgan fingerprint density at radius 2 is 1.58 bits per heavy atom. The highest BCUT2D eigenvalue weighted by Crippen LogP contribution is 2.03. The molecule has 2 atom stereocenters. The van der Waals surface area contributed by atoms with Gasteiger partial charge in [0, 0.05) is 13.1 Å². The van der Waals surface area contributed by atoms with Crippen molar-refractivity contribution in [1.82, 2.24) is 5.32 Å². The molecule has 19 heavy (non-hydrogen) atoms. The number of ether oxygens (including phenoxy) is 2. The second kappa shape index (κ2) is 11.6. The second-order valence-electron chi connectivity index (χ2n) is 5.59. The molecule has 0 aliphatic heterocycles. The van der Waals surface area contributed by atoms with Gasteiger partial charge in [-0.15, -0.1) is 0 Å². The lowest BCUT2D eigenvalue weighted by Crippen LogP contribution is -2.35. The first-order chi connectivity index (χ1) is 8.91. The van der Waals surface area contributed by atoms with Gasteiger partial charge in [0.15, 0.2) is 0 Å². The van der Waals surface area contributed by atoms with Gasteiger partial charge in [0.2, 0.25) is 0 Å². The number of rotatable bonds is 12. The van der Waals surface area contributed by atoms with E-state index in [2.05, 4.69) is 19.2 Å². The molecule has 0 radical (unpaired) electrons. The molecule has 0 aromatic rings. The van der Waals surface area contributed by atoms with E-state index in [4.69, 9.17) is 9.47 Å². The SMILES string of the molecule is CC(C)CC(O)CNCC(O)COCCOC(C)C. The van der Waals surface area contributed by atoms with Gasteiger partial charge >= 0.3 is 0 Å². The second-order valence-corrected chi connectivity index (χ2v) is 5.59. The summed E-state index contributed by atoms with van der Waals surface area (Å²) in [6, 6.07) is 0. The highest BCUT2D eigenvalue weighted by Gasteiger charge is 2.08. The predicted molar refractivity (Wildman–Crippen MR) is 76.2 cm³/mol. The van der Waals surface area contributed by atoms with Crippen molar-refractivity contribution in [2.24, 2.45) is 5.92 Å². The van der Waals surface area contributed by atoms with Gasteiger partial charge in [-0.2, -0.15) is 0 Å². The first-order valence-corrected chi connectivity index (χ1v) is 7.18. The Bertz CT molecular complexity index is 200. The van der Waals surface area contributed by atoms with Crippen LogP contribution in [0.1, 0.15) is 34.1 Å². The van der Waals surface area contributed by atoms with Crippen LogP contribution in [0.4, 0.5) is 0 Å². The zero-order chi connectivity index (χ0) is 14.7. The summed E-state index contributed by atoms with van der Waals surface area (Å²) >= 11 is 0. The van der Waals surface area contributed by atoms with Gasteiger partial charge in [0.1, 0.15) is 0 Å². The van der Waals surface area contributed by atoms with Crippen LogP contribution in [0.3, 0.4) is 0 Å². The van der Waals surface area contributed by atoms with Crippen molar-refractivity contribution >= 4 is 0 Å². The van der Waals surface area contributed by atoms with E-state index in [1.807, 2.05) is 13.8 Å². The summed E-state index contributed by atoms with van der Waals surface area (Å²) in [6.45, 7) is 10.4. The summed E-state index contributed by atoms with van der Waals surface area (Å²) in [5, 5.41) is 22.3. The minimum Gasteiger partial charge on any atom is -0.392 e. The standard InChI is InChI=1S/C14H31NO4/c1-11(2)7-13(16)8-15-9-14(17)10-18-5-6-19-12(3)4/h11-17H,5-10H2,1-4H3. The Balaban J connectivity index is 3.36. The molecule has 0 bridgehead atoms. The van der Waals surface area contributed by atoms with Crippen molar-refractivity contribution in [3.63, 3.8) is 0 Å². The monoisotopic (exact) mass is 277 g/mol. The Hall–Kier alpha value is -0.200. The molecule has 0 aromatic heterocycles. The highest BCUT2D eigenvalue weighted by atomic mass is 16.5. The largest absolute Gasteiger partial charge is 0.392 e. The Labute approximate surface area is 117 Å². The van der Waals surface area contributed by atoms with Crippen LogP contribution in [0, 0.1) is 5.92 Å². The molecule has 0 aliphatic rings. The number of hydrogen-bond donors (Lipinski definition) is 3. The smallest absolute Gasteiger partial charge is 0.0897 e. The van der Waals surface area contributed by atoms with Gasteiger partial charge in [-0.1, -0.05) is 13.8 Å². The van der Waals surface area contributed by atoms with Crippen LogP contribution in [-0.4, -0.2) is 61.4 Å². The molecule has 0 saturated heterocycles. The fourth-order valence-electron chi connectivity index (χ4n) is 1.67. The van der Waals surface area contributed by atoms with Gasteiger partial charge in [0.05, 0.1) is 38.1 Å². The molecule has 5 nitrogen and oxygen atoms in total. The van der Waals surface area contributed by atoms with Crippen LogP contribution < -0.4 is 5.32 Å². The third-order valence-corrected chi connectivity index (χ3v) is 2.49. The molecule has 0 aliphatic carbocycles. The summed E-state index contributed by atoms with van der Waals surface area (Å²) in [5.41, 5.74) is 0. The zero-order valence-electron chi connectivity index (χ0n) is 12.8. The van der Waals surface area contributed by atoms with Crippen LogP contribution in [0.5, 0.6) is 0 Å². The molecule has 0 spiro atoms. The maximum absolute atomic E-state index is 9.64. The summed E-state index contributed by atoms with van der Waals surface area (Å²) in [4.78, 5) is 0. The number of aliphatic hydroxyl groups is 2. The van der Waals surface area contributed by atoms with Crippen molar-refractivity contribution < 1.29 is 19.7 Å². The van der Waals surface area contributed by atoms with E-state index >= 15 is 0 Å². The molecule has 3 N–H and O–H groups in total. The predicted octanol–water partition coefficient (Wildman–Crippen LogP) is 0.786. The first-order valence-electron chi connectivity index (χ1n) is 7.18. The van der Waals surface area contributed by atoms with Crippen LogP contribution >= 0.6 is 0 Å². The molecule has 0 heterocycles. The summed E-state index contributed by atoms with van der Waals surface area (Å²) in [6.07, 6.45) is 0.0714. The van der Waals surface area contributed by atoms with Gasteiger partial charge in [0.25, 0.3) is 0 Å². The molecule has 116 valence electrons. The van der Waals surface area contributed by atoms with Gasteiger partial charge < -0.3 is 25.0 Å². The van der Waals surface area contributed by atoms with E-state index in [-0.39, 0.29) is 18.8 Å². The molecule has 0 aromatic carbocycles. The minimum atomic E-state index is -0.551. The van der Waals surface area contributed by atoms with Crippen LogP contribution in [0.2, 0.25) is 0 Å². The molecule has 0 saturated carbocycles. The highest BCUT2D eigenvalue weighted by molar-refractivity contribution is 4.64. The molecule has 2 unspecified atom stereocenters. The molecular weight excluding hydrogens is 246 g/mol. The normalized spacial score (nSPS) is 15.2. The fourth-order valence-corrected chi connectivity index (χ4v) is 1.67. The lowest BCUT2D eigenvalue weighted by atomic mass is 10.1. The number of hydrogen-bond acceptors (Lipinski definition) is 5. The third-order valence-electron chi connectivity index (χ3n) is 2.49. The Kier molecular flexibility index (Phi) is 11.5. The summed E-state index contributed by atoms with van der Waals surface area (Å²) in [5.74, 6) is 0.478. The Morgan fingerprint density at radius 1 is 0.947 bits per heavy atom. The van der Waals surface area contributed by atoms with Crippen molar-refractivity contribution in [3.05, 3.63) is 0 Å². The van der Waals surface area contributed by atoms with Crippen LogP contribution in [0.25, 0.3) is 0 Å². The van der Waals surface area contributed by atoms with Crippen molar-refractivity contribution in [2.75, 3.05) is 32.9 Å². The Morgan fingerprint density at radius 3 is 2.16 bits per heavy atom. The average Bonchev–Trinajstić information content (AvgIpc) is 2.27. The average molecular weight is 277 g/mol. The lowest BCUT2D eigenvalue weighted by Gasteiger charge is -2.16. The minimum absolute atomic E-state index is 0.206. The molecule has 0 amide bonds. The zero-order valence-corrected chi connectivity index (χ0v) is 12.8. The van der Waals surface area contributed by atoms with Crippen molar-refractivity contribution in [3.8, 4) is 0 Å². The first kappa shape index (κ1) is 18.8. The van der Waals surface area contributed by atoms with Crippen LogP contribution in [-0.2, 0) is 9.47 Å². The van der Waals surface area contributed by atoms with E-state index in [9.17, 15) is 10.2 Å². The van der Waals surface area contributed by atoms with E-state index in [1.54, 1.807) is 0 Å². The number of aliphatic hydroxyl groups excluding tert-OH is 2.